The molecule has 0 radical (unpaired) electrons. The fourth-order valence-electron chi connectivity index (χ4n) is 2.31. The van der Waals surface area contributed by atoms with Gasteiger partial charge in [0.25, 0.3) is 0 Å². The summed E-state index contributed by atoms with van der Waals surface area (Å²) < 4.78 is 49.3. The van der Waals surface area contributed by atoms with Crippen molar-refractivity contribution in [2.24, 2.45) is 0 Å². The number of thiocarbonyl (C=S) groups is 2. The Labute approximate surface area is 181 Å². The predicted molar refractivity (Wildman–Crippen MR) is 121 cm³/mol. The summed E-state index contributed by atoms with van der Waals surface area (Å²) in [6.07, 6.45) is 0. The van der Waals surface area contributed by atoms with Crippen molar-refractivity contribution in [1.29, 1.82) is 0 Å². The van der Waals surface area contributed by atoms with Crippen LogP contribution in [0, 0.1) is 0 Å². The summed E-state index contributed by atoms with van der Waals surface area (Å²) in [4.78, 5) is 4.67. The number of sulfonamides is 2. The summed E-state index contributed by atoms with van der Waals surface area (Å²) in [7, 11) is -5.73. The van der Waals surface area contributed by atoms with E-state index in [1.165, 1.54) is 14.1 Å². The second kappa shape index (κ2) is 9.69. The van der Waals surface area contributed by atoms with E-state index in [0.717, 1.165) is 10.0 Å². The van der Waals surface area contributed by atoms with Gasteiger partial charge in [-0.25, -0.2) is 16.8 Å². The van der Waals surface area contributed by atoms with Crippen LogP contribution in [0.4, 0.5) is 0 Å². The average molecular weight is 473 g/mol. The summed E-state index contributed by atoms with van der Waals surface area (Å²) >= 11 is 10.4. The lowest BCUT2D eigenvalue weighted by molar-refractivity contribution is 0.448. The third-order valence-corrected chi connectivity index (χ3v) is 8.12. The molecule has 0 bridgehead atoms. The maximum Gasteiger partial charge on any atom is 0.244 e. The van der Waals surface area contributed by atoms with Crippen LogP contribution < -0.4 is 9.66 Å². The monoisotopic (exact) mass is 472 g/mol. The van der Waals surface area contributed by atoms with E-state index in [4.69, 9.17) is 24.4 Å². The average Bonchev–Trinajstić information content (AvgIpc) is 2.66. The van der Waals surface area contributed by atoms with Gasteiger partial charge >= 0.3 is 0 Å². The molecule has 0 atom stereocenters. The summed E-state index contributed by atoms with van der Waals surface area (Å²) in [5.74, 6) is 0. The first kappa shape index (κ1) is 23.3. The number of hydrogen-bond donors (Lipinski definition) is 2. The minimum atomic E-state index is -4.26. The molecular formula is C17H20N4O4S4. The molecule has 0 aliphatic carbocycles. The maximum atomic E-state index is 12.3. The van der Waals surface area contributed by atoms with Crippen LogP contribution in [0.3, 0.4) is 0 Å². The minimum absolute atomic E-state index is 0.196. The van der Waals surface area contributed by atoms with Crippen LogP contribution in [0.1, 0.15) is 11.1 Å². The second-order valence-electron chi connectivity index (χ2n) is 5.99. The molecule has 0 heterocycles. The van der Waals surface area contributed by atoms with Gasteiger partial charge in [0.05, 0.1) is 0 Å². The Hall–Kier alpha value is -1.96. The van der Waals surface area contributed by atoms with Crippen molar-refractivity contribution in [3.05, 3.63) is 71.8 Å². The highest BCUT2D eigenvalue weighted by Gasteiger charge is 2.26. The number of nitrogens with zero attached hydrogens (tertiary/aromatic N) is 2. The molecule has 12 heteroatoms. The van der Waals surface area contributed by atoms with Gasteiger partial charge in [0.15, 0.2) is 5.08 Å². The van der Waals surface area contributed by atoms with Crippen molar-refractivity contribution in [3.63, 3.8) is 0 Å². The summed E-state index contributed by atoms with van der Waals surface area (Å²) in [5, 5.41) is 0.950. The van der Waals surface area contributed by atoms with Crippen LogP contribution in [0.25, 0.3) is 0 Å². The Morgan fingerprint density at radius 1 is 0.724 bits per heavy atom. The van der Waals surface area contributed by atoms with Gasteiger partial charge in [-0.05, 0) is 0 Å². The standard InChI is InChI=1S/C17H20N4O4S4/c1-20(16(26)14-9-5-3-6-10-14)18-28(22,23)13-29(24,25)19-21(2)17(27)15-11-7-4-8-12-15/h3-12,18-19H,13H2,1-2H3. The highest BCUT2D eigenvalue weighted by molar-refractivity contribution is 8.06. The molecule has 2 aromatic rings. The molecule has 0 spiro atoms. The van der Waals surface area contributed by atoms with E-state index < -0.39 is 25.1 Å². The quantitative estimate of drug-likeness (QED) is 0.437. The van der Waals surface area contributed by atoms with Crippen molar-refractivity contribution in [2.45, 2.75) is 0 Å². The molecule has 0 saturated heterocycles. The van der Waals surface area contributed by atoms with Crippen LogP contribution in [0.15, 0.2) is 60.7 Å². The van der Waals surface area contributed by atoms with Gasteiger partial charge in [-0.2, -0.15) is 0 Å². The Morgan fingerprint density at radius 2 is 1.03 bits per heavy atom. The van der Waals surface area contributed by atoms with Gasteiger partial charge < -0.3 is 0 Å². The number of hydrogen-bond acceptors (Lipinski definition) is 6. The number of rotatable bonds is 8. The Bertz CT molecular complexity index is 987. The van der Waals surface area contributed by atoms with Gasteiger partial charge in [-0.1, -0.05) is 85.1 Å². The minimum Gasteiger partial charge on any atom is -0.287 e. The molecule has 0 aromatic heterocycles. The third kappa shape index (κ3) is 7.10. The SMILES string of the molecule is CN(NS(=O)(=O)CS(=O)(=O)NN(C)C(=S)c1ccccc1)C(=S)c1ccccc1. The highest BCUT2D eigenvalue weighted by atomic mass is 32.3. The van der Waals surface area contributed by atoms with Gasteiger partial charge in [0, 0.05) is 25.2 Å². The molecule has 156 valence electrons. The lowest BCUT2D eigenvalue weighted by atomic mass is 10.2. The van der Waals surface area contributed by atoms with E-state index in [-0.39, 0.29) is 9.98 Å². The fourth-order valence-corrected chi connectivity index (χ4v) is 5.86. The van der Waals surface area contributed by atoms with Gasteiger partial charge in [0.1, 0.15) is 9.98 Å². The predicted octanol–water partition coefficient (Wildman–Crippen LogP) is 1.23. The molecule has 2 N–H and O–H groups in total. The summed E-state index contributed by atoms with van der Waals surface area (Å²) in [6, 6.07) is 17.5. The largest absolute Gasteiger partial charge is 0.287 e. The Balaban J connectivity index is 2.02. The van der Waals surface area contributed by atoms with Crippen molar-refractivity contribution >= 4 is 54.5 Å². The maximum absolute atomic E-state index is 12.3. The zero-order valence-corrected chi connectivity index (χ0v) is 18.9. The zero-order chi connectivity index (χ0) is 21.7. The number of hydrazine groups is 2. The first-order valence-electron chi connectivity index (χ1n) is 8.17. The molecule has 0 saturated carbocycles. The normalized spacial score (nSPS) is 11.7. The van der Waals surface area contributed by atoms with Crippen LogP contribution in [0.5, 0.6) is 0 Å². The number of nitrogens with one attached hydrogen (secondary N) is 2. The van der Waals surface area contributed by atoms with Gasteiger partial charge in [0.2, 0.25) is 20.0 Å². The number of benzene rings is 2. The van der Waals surface area contributed by atoms with Crippen LogP contribution >= 0.6 is 24.4 Å². The molecule has 0 fully saturated rings. The van der Waals surface area contributed by atoms with Crippen molar-refractivity contribution < 1.29 is 16.8 Å². The van der Waals surface area contributed by atoms with E-state index in [1.807, 2.05) is 0 Å². The zero-order valence-electron chi connectivity index (χ0n) is 15.6. The molecule has 2 aromatic carbocycles. The van der Waals surface area contributed by atoms with Crippen molar-refractivity contribution in [1.82, 2.24) is 19.7 Å². The van der Waals surface area contributed by atoms with E-state index in [0.29, 0.717) is 11.1 Å². The smallest absolute Gasteiger partial charge is 0.244 e. The molecular weight excluding hydrogens is 452 g/mol. The molecule has 8 nitrogen and oxygen atoms in total. The molecule has 0 aliphatic rings. The molecule has 29 heavy (non-hydrogen) atoms. The highest BCUT2D eigenvalue weighted by Crippen LogP contribution is 2.06. The van der Waals surface area contributed by atoms with E-state index in [9.17, 15) is 16.8 Å². The van der Waals surface area contributed by atoms with E-state index in [2.05, 4.69) is 9.66 Å². The third-order valence-electron chi connectivity index (χ3n) is 3.51. The summed E-state index contributed by atoms with van der Waals surface area (Å²) in [6.45, 7) is 0. The molecule has 0 amide bonds. The first-order chi connectivity index (χ1) is 13.5. The first-order valence-corrected chi connectivity index (χ1v) is 12.3. The Kier molecular flexibility index (Phi) is 7.80. The molecule has 0 aliphatic heterocycles. The molecule has 0 unspecified atom stereocenters. The Morgan fingerprint density at radius 3 is 1.34 bits per heavy atom. The van der Waals surface area contributed by atoms with Crippen LogP contribution in [-0.2, 0) is 20.0 Å². The van der Waals surface area contributed by atoms with E-state index >= 15 is 0 Å². The lowest BCUT2D eigenvalue weighted by Gasteiger charge is -2.23. The van der Waals surface area contributed by atoms with Crippen molar-refractivity contribution in [2.75, 3.05) is 19.2 Å². The van der Waals surface area contributed by atoms with Gasteiger partial charge in [-0.3, -0.25) is 10.0 Å². The second-order valence-corrected chi connectivity index (χ2v) is 10.5. The van der Waals surface area contributed by atoms with Gasteiger partial charge in [-0.15, -0.1) is 9.66 Å². The topological polar surface area (TPSA) is 98.8 Å². The van der Waals surface area contributed by atoms with Crippen LogP contribution in [0.2, 0.25) is 0 Å². The summed E-state index contributed by atoms with van der Waals surface area (Å²) in [5.41, 5.74) is 1.23. The lowest BCUT2D eigenvalue weighted by Crippen LogP contribution is -2.49. The van der Waals surface area contributed by atoms with E-state index in [1.54, 1.807) is 60.7 Å². The van der Waals surface area contributed by atoms with Crippen LogP contribution in [-0.4, -0.2) is 56.0 Å². The van der Waals surface area contributed by atoms with Crippen molar-refractivity contribution in [3.8, 4) is 0 Å². The molecule has 2 rings (SSSR count). The fraction of sp³-hybridized carbons (Fsp3) is 0.176.